The van der Waals surface area contributed by atoms with Gasteiger partial charge in [0.1, 0.15) is 10.3 Å². The summed E-state index contributed by atoms with van der Waals surface area (Å²) in [5, 5.41) is 5.06. The molecule has 1 aliphatic heterocycles. The molecule has 3 aromatic carbocycles. The third kappa shape index (κ3) is 3.50. The van der Waals surface area contributed by atoms with Crippen LogP contribution in [0.3, 0.4) is 0 Å². The van der Waals surface area contributed by atoms with Gasteiger partial charge in [0.15, 0.2) is 5.82 Å². The maximum absolute atomic E-state index is 13.6. The number of hydrogen-bond acceptors (Lipinski definition) is 6. The van der Waals surface area contributed by atoms with Crippen LogP contribution in [0.2, 0.25) is 5.02 Å². The fraction of sp³-hybridized carbons (Fsp3) is 0.0769. The van der Waals surface area contributed by atoms with E-state index >= 15 is 0 Å². The van der Waals surface area contributed by atoms with E-state index in [0.717, 1.165) is 28.2 Å². The summed E-state index contributed by atoms with van der Waals surface area (Å²) in [6.45, 7) is 0.365. The minimum atomic E-state index is -0.370. The van der Waals surface area contributed by atoms with Gasteiger partial charge in [0.2, 0.25) is 4.96 Å². The summed E-state index contributed by atoms with van der Waals surface area (Å²) in [6, 6.07) is 22.2. The number of thiazole rings is 1. The number of fused-ring (bicyclic) bond motifs is 2. The fourth-order valence-corrected chi connectivity index (χ4v) is 5.38. The average Bonchev–Trinajstić information content (AvgIpc) is 3.51. The molecule has 35 heavy (non-hydrogen) atoms. The lowest BCUT2D eigenvalue weighted by molar-refractivity contribution is -0.113. The number of amides is 1. The molecule has 0 aliphatic carbocycles. The number of aromatic nitrogens is 3. The second-order valence-electron chi connectivity index (χ2n) is 7.98. The normalized spacial score (nSPS) is 14.6. The third-order valence-corrected chi connectivity index (χ3v) is 7.19. The van der Waals surface area contributed by atoms with Gasteiger partial charge in [-0.05, 0) is 35.9 Å². The van der Waals surface area contributed by atoms with E-state index in [1.807, 2.05) is 60.7 Å². The Hall–Kier alpha value is -4.01. The molecule has 0 saturated carbocycles. The molecule has 0 N–H and O–H groups in total. The van der Waals surface area contributed by atoms with Gasteiger partial charge in [0.25, 0.3) is 11.5 Å². The van der Waals surface area contributed by atoms with Gasteiger partial charge in [-0.3, -0.25) is 9.59 Å². The molecule has 0 radical (unpaired) electrons. The zero-order chi connectivity index (χ0) is 24.1. The van der Waals surface area contributed by atoms with Crippen LogP contribution < -0.4 is 19.7 Å². The van der Waals surface area contributed by atoms with E-state index in [1.54, 1.807) is 24.1 Å². The summed E-state index contributed by atoms with van der Waals surface area (Å²) in [5.41, 5.74) is 3.11. The van der Waals surface area contributed by atoms with Crippen molar-refractivity contribution in [3.05, 3.63) is 104 Å². The van der Waals surface area contributed by atoms with E-state index < -0.39 is 0 Å². The SMILES string of the molecule is COc1ccccc1-c1nc2sc(=C3C(=O)N(Cc4ccc(Cl)cc4)c4ccccc43)c(=O)n2n1. The highest BCUT2D eigenvalue weighted by Gasteiger charge is 2.34. The Morgan fingerprint density at radius 3 is 2.40 bits per heavy atom. The highest BCUT2D eigenvalue weighted by Crippen LogP contribution is 2.36. The zero-order valence-corrected chi connectivity index (χ0v) is 20.0. The molecule has 0 bridgehead atoms. The van der Waals surface area contributed by atoms with Gasteiger partial charge in [0, 0.05) is 10.6 Å². The Balaban J connectivity index is 1.49. The number of rotatable bonds is 4. The van der Waals surface area contributed by atoms with Crippen LogP contribution >= 0.6 is 22.9 Å². The number of halogens is 1. The van der Waals surface area contributed by atoms with Crippen LogP contribution in [-0.2, 0) is 11.3 Å². The van der Waals surface area contributed by atoms with E-state index in [-0.39, 0.29) is 11.5 Å². The smallest absolute Gasteiger partial charge is 0.291 e. The Kier molecular flexibility index (Phi) is 5.12. The summed E-state index contributed by atoms with van der Waals surface area (Å²) in [5.74, 6) is 0.781. The minimum absolute atomic E-state index is 0.229. The van der Waals surface area contributed by atoms with Crippen LogP contribution in [0.4, 0.5) is 5.69 Å². The highest BCUT2D eigenvalue weighted by atomic mass is 35.5. The van der Waals surface area contributed by atoms with Gasteiger partial charge in [-0.25, -0.2) is 0 Å². The molecule has 1 amide bonds. The van der Waals surface area contributed by atoms with Crippen LogP contribution in [0.1, 0.15) is 11.1 Å². The molecular weight excluding hydrogens is 484 g/mol. The topological polar surface area (TPSA) is 76.8 Å². The van der Waals surface area contributed by atoms with Crippen molar-refractivity contribution in [2.75, 3.05) is 12.0 Å². The number of hydrogen-bond donors (Lipinski definition) is 0. The lowest BCUT2D eigenvalue weighted by Gasteiger charge is -2.17. The van der Waals surface area contributed by atoms with Crippen molar-refractivity contribution in [3.8, 4) is 17.1 Å². The van der Waals surface area contributed by atoms with E-state index in [9.17, 15) is 9.59 Å². The Bertz CT molecular complexity index is 1730. The minimum Gasteiger partial charge on any atom is -0.496 e. The summed E-state index contributed by atoms with van der Waals surface area (Å²) >= 11 is 7.18. The second kappa shape index (κ2) is 8.33. The van der Waals surface area contributed by atoms with Crippen molar-refractivity contribution in [3.63, 3.8) is 0 Å². The molecule has 0 fully saturated rings. The van der Waals surface area contributed by atoms with Gasteiger partial charge in [-0.15, -0.1) is 5.10 Å². The predicted octanol–water partition coefficient (Wildman–Crippen LogP) is 3.94. The van der Waals surface area contributed by atoms with E-state index in [2.05, 4.69) is 10.1 Å². The molecule has 3 heterocycles. The molecule has 6 rings (SSSR count). The van der Waals surface area contributed by atoms with Crippen LogP contribution in [0.25, 0.3) is 21.9 Å². The van der Waals surface area contributed by atoms with Crippen molar-refractivity contribution in [2.45, 2.75) is 6.54 Å². The summed E-state index contributed by atoms with van der Waals surface area (Å²) < 4.78 is 6.98. The van der Waals surface area contributed by atoms with Gasteiger partial charge < -0.3 is 9.64 Å². The molecule has 5 aromatic rings. The van der Waals surface area contributed by atoms with Crippen LogP contribution in [0.15, 0.2) is 77.6 Å². The van der Waals surface area contributed by atoms with Gasteiger partial charge in [-0.1, -0.05) is 65.4 Å². The monoisotopic (exact) mass is 500 g/mol. The lowest BCUT2D eigenvalue weighted by atomic mass is 10.1. The number of anilines is 1. The summed E-state index contributed by atoms with van der Waals surface area (Å²) in [7, 11) is 1.57. The molecular formula is C26H17ClN4O3S. The molecule has 2 aromatic heterocycles. The number of ether oxygens (including phenoxy) is 1. The Morgan fingerprint density at radius 2 is 1.66 bits per heavy atom. The second-order valence-corrected chi connectivity index (χ2v) is 9.39. The molecule has 0 spiro atoms. The lowest BCUT2D eigenvalue weighted by Crippen LogP contribution is -2.32. The maximum atomic E-state index is 13.6. The quantitative estimate of drug-likeness (QED) is 0.373. The van der Waals surface area contributed by atoms with Crippen molar-refractivity contribution in [1.29, 1.82) is 0 Å². The number of carbonyl (C=O) groups excluding carboxylic acids is 1. The fourth-order valence-electron chi connectivity index (χ4n) is 4.26. The molecule has 0 unspecified atom stereocenters. The van der Waals surface area contributed by atoms with E-state index in [0.29, 0.717) is 43.8 Å². The summed E-state index contributed by atoms with van der Waals surface area (Å²) in [4.78, 5) is 33.7. The first kappa shape index (κ1) is 21.5. The maximum Gasteiger partial charge on any atom is 0.291 e. The number of carbonyl (C=O) groups is 1. The van der Waals surface area contributed by atoms with E-state index in [1.165, 1.54) is 4.52 Å². The first-order valence-electron chi connectivity index (χ1n) is 10.8. The van der Waals surface area contributed by atoms with Crippen LogP contribution in [0, 0.1) is 0 Å². The van der Waals surface area contributed by atoms with Crippen molar-refractivity contribution in [1.82, 2.24) is 14.6 Å². The van der Waals surface area contributed by atoms with Gasteiger partial charge in [0.05, 0.1) is 30.5 Å². The van der Waals surface area contributed by atoms with Crippen molar-refractivity contribution in [2.24, 2.45) is 0 Å². The number of benzene rings is 3. The first-order chi connectivity index (χ1) is 17.0. The standard InChI is InChI=1S/C26H17ClN4O3S/c1-34-20-9-5-3-7-18(20)23-28-26-31(29-23)25(33)22(35-26)21-17-6-2-4-8-19(17)30(24(21)32)14-15-10-12-16(27)13-11-15/h2-13H,14H2,1H3. The molecule has 1 aliphatic rings. The Labute approximate surface area is 208 Å². The van der Waals surface area contributed by atoms with Gasteiger partial charge in [-0.2, -0.15) is 9.50 Å². The third-order valence-electron chi connectivity index (χ3n) is 5.91. The van der Waals surface area contributed by atoms with Crippen molar-refractivity contribution < 1.29 is 9.53 Å². The number of para-hydroxylation sites is 2. The number of methoxy groups -OCH3 is 1. The van der Waals surface area contributed by atoms with Crippen LogP contribution in [-0.4, -0.2) is 27.6 Å². The largest absolute Gasteiger partial charge is 0.496 e. The molecule has 0 saturated heterocycles. The van der Waals surface area contributed by atoms with Crippen LogP contribution in [0.5, 0.6) is 5.75 Å². The predicted molar refractivity (Wildman–Crippen MR) is 136 cm³/mol. The van der Waals surface area contributed by atoms with E-state index in [4.69, 9.17) is 16.3 Å². The highest BCUT2D eigenvalue weighted by molar-refractivity contribution is 7.15. The average molecular weight is 501 g/mol. The molecule has 172 valence electrons. The molecule has 7 nitrogen and oxygen atoms in total. The first-order valence-corrected chi connectivity index (χ1v) is 12.0. The molecule has 0 atom stereocenters. The Morgan fingerprint density at radius 1 is 0.943 bits per heavy atom. The van der Waals surface area contributed by atoms with Crippen molar-refractivity contribution >= 4 is 45.1 Å². The zero-order valence-electron chi connectivity index (χ0n) is 18.4. The number of nitrogens with zero attached hydrogens (tertiary/aromatic N) is 4. The van der Waals surface area contributed by atoms with Gasteiger partial charge >= 0.3 is 0 Å². The molecule has 9 heteroatoms. The summed E-state index contributed by atoms with van der Waals surface area (Å²) in [6.07, 6.45) is 0.